The topological polar surface area (TPSA) is 38.3 Å². The summed E-state index contributed by atoms with van der Waals surface area (Å²) < 4.78 is 6.89. The summed E-state index contributed by atoms with van der Waals surface area (Å²) in [4.78, 5) is 12.4. The molecule has 2 rings (SSSR count). The summed E-state index contributed by atoms with van der Waals surface area (Å²) in [6.45, 7) is 5.98. The monoisotopic (exact) mass is 361 g/mol. The zero-order valence-electron chi connectivity index (χ0n) is 13.0. The van der Waals surface area contributed by atoms with Gasteiger partial charge >= 0.3 is 0 Å². The van der Waals surface area contributed by atoms with Crippen LogP contribution in [0.3, 0.4) is 0 Å². The highest BCUT2D eigenvalue weighted by Gasteiger charge is 2.19. The lowest BCUT2D eigenvalue weighted by Crippen LogP contribution is -2.32. The van der Waals surface area contributed by atoms with Gasteiger partial charge in [-0.15, -0.1) is 0 Å². The fraction of sp³-hybridized carbons (Fsp3) is 0.278. The quantitative estimate of drug-likeness (QED) is 0.825. The molecule has 1 amide bonds. The first-order chi connectivity index (χ1) is 10.5. The molecule has 2 aromatic carbocycles. The third-order valence-electron chi connectivity index (χ3n) is 3.60. The number of carbonyl (C=O) groups excluding carboxylic acids is 1. The summed E-state index contributed by atoms with van der Waals surface area (Å²) in [6, 6.07) is 13.4. The lowest BCUT2D eigenvalue weighted by molar-refractivity contribution is -0.122. The van der Waals surface area contributed by atoms with Crippen LogP contribution in [0, 0.1) is 13.8 Å². The van der Waals surface area contributed by atoms with Gasteiger partial charge in [-0.2, -0.15) is 0 Å². The molecule has 22 heavy (non-hydrogen) atoms. The third-order valence-corrected chi connectivity index (χ3v) is 4.13. The van der Waals surface area contributed by atoms with E-state index in [9.17, 15) is 4.79 Å². The fourth-order valence-corrected chi connectivity index (χ4v) is 2.35. The molecule has 3 nitrogen and oxygen atoms in total. The summed E-state index contributed by atoms with van der Waals surface area (Å²) in [5.74, 6) is 0.628. The fourth-order valence-electron chi connectivity index (χ4n) is 2.08. The summed E-state index contributed by atoms with van der Waals surface area (Å²) >= 11 is 3.38. The minimum absolute atomic E-state index is 0.134. The molecule has 0 fully saturated rings. The SMILES string of the molecule is CCC(Oc1cccc(C)c1C)C(=O)Nc1ccc(Br)cc1. The second-order valence-corrected chi connectivity index (χ2v) is 6.12. The van der Waals surface area contributed by atoms with Crippen molar-refractivity contribution in [2.75, 3.05) is 5.32 Å². The number of halogens is 1. The van der Waals surface area contributed by atoms with Crippen molar-refractivity contribution in [2.45, 2.75) is 33.3 Å². The maximum atomic E-state index is 12.4. The van der Waals surface area contributed by atoms with E-state index in [4.69, 9.17) is 4.74 Å². The molecule has 0 saturated carbocycles. The predicted octanol–water partition coefficient (Wildman–Crippen LogP) is 4.86. The van der Waals surface area contributed by atoms with Crippen molar-refractivity contribution in [1.82, 2.24) is 0 Å². The van der Waals surface area contributed by atoms with Crippen LogP contribution in [0.1, 0.15) is 24.5 Å². The number of ether oxygens (including phenoxy) is 1. The highest BCUT2D eigenvalue weighted by molar-refractivity contribution is 9.10. The maximum absolute atomic E-state index is 12.4. The van der Waals surface area contributed by atoms with Crippen molar-refractivity contribution in [3.63, 3.8) is 0 Å². The molecule has 1 N–H and O–H groups in total. The van der Waals surface area contributed by atoms with Crippen LogP contribution in [0.25, 0.3) is 0 Å². The molecule has 116 valence electrons. The largest absolute Gasteiger partial charge is 0.480 e. The van der Waals surface area contributed by atoms with E-state index in [1.165, 1.54) is 0 Å². The molecule has 0 spiro atoms. The van der Waals surface area contributed by atoms with Crippen LogP contribution in [0.4, 0.5) is 5.69 Å². The number of carbonyl (C=O) groups is 1. The van der Waals surface area contributed by atoms with Crippen molar-refractivity contribution in [3.05, 3.63) is 58.1 Å². The number of benzene rings is 2. The van der Waals surface area contributed by atoms with Gasteiger partial charge in [-0.25, -0.2) is 0 Å². The number of hydrogen-bond donors (Lipinski definition) is 1. The van der Waals surface area contributed by atoms with Gasteiger partial charge in [0.1, 0.15) is 5.75 Å². The van der Waals surface area contributed by atoms with Gasteiger partial charge in [0.15, 0.2) is 6.10 Å². The van der Waals surface area contributed by atoms with Gasteiger partial charge in [-0.3, -0.25) is 4.79 Å². The van der Waals surface area contributed by atoms with Gasteiger partial charge in [-0.05, 0) is 61.7 Å². The van der Waals surface area contributed by atoms with Crippen LogP contribution in [0.2, 0.25) is 0 Å². The Morgan fingerprint density at radius 2 is 1.86 bits per heavy atom. The predicted molar refractivity (Wildman–Crippen MR) is 93.4 cm³/mol. The zero-order chi connectivity index (χ0) is 16.1. The molecule has 2 aromatic rings. The van der Waals surface area contributed by atoms with E-state index in [-0.39, 0.29) is 5.91 Å². The first kappa shape index (κ1) is 16.6. The minimum atomic E-state index is -0.510. The second-order valence-electron chi connectivity index (χ2n) is 5.21. The molecular formula is C18H20BrNO2. The molecule has 0 heterocycles. The number of anilines is 1. The summed E-state index contributed by atoms with van der Waals surface area (Å²) in [5.41, 5.74) is 2.98. The number of nitrogens with one attached hydrogen (secondary N) is 1. The molecular weight excluding hydrogens is 342 g/mol. The highest BCUT2D eigenvalue weighted by Crippen LogP contribution is 2.23. The Hall–Kier alpha value is -1.81. The smallest absolute Gasteiger partial charge is 0.265 e. The molecule has 1 atom stereocenters. The molecule has 4 heteroatoms. The number of aryl methyl sites for hydroxylation is 1. The van der Waals surface area contributed by atoms with E-state index in [2.05, 4.69) is 21.2 Å². The van der Waals surface area contributed by atoms with Gasteiger partial charge in [-0.1, -0.05) is 35.0 Å². The van der Waals surface area contributed by atoms with Crippen LogP contribution in [0.5, 0.6) is 5.75 Å². The van der Waals surface area contributed by atoms with Crippen LogP contribution in [-0.4, -0.2) is 12.0 Å². The average molecular weight is 362 g/mol. The van der Waals surface area contributed by atoms with Crippen molar-refractivity contribution >= 4 is 27.5 Å². The lowest BCUT2D eigenvalue weighted by atomic mass is 10.1. The second kappa shape index (κ2) is 7.45. The van der Waals surface area contributed by atoms with Crippen LogP contribution >= 0.6 is 15.9 Å². The number of hydrogen-bond acceptors (Lipinski definition) is 2. The number of rotatable bonds is 5. The molecule has 0 radical (unpaired) electrons. The van der Waals surface area contributed by atoms with E-state index in [0.29, 0.717) is 6.42 Å². The van der Waals surface area contributed by atoms with Crippen LogP contribution in [-0.2, 0) is 4.79 Å². The first-order valence-corrected chi connectivity index (χ1v) is 8.10. The van der Waals surface area contributed by atoms with Crippen molar-refractivity contribution < 1.29 is 9.53 Å². The van der Waals surface area contributed by atoms with E-state index in [1.54, 1.807) is 0 Å². The van der Waals surface area contributed by atoms with E-state index < -0.39 is 6.10 Å². The van der Waals surface area contributed by atoms with E-state index in [1.807, 2.05) is 63.2 Å². The van der Waals surface area contributed by atoms with Gasteiger partial charge in [0, 0.05) is 10.2 Å². The Bertz CT molecular complexity index is 653. The van der Waals surface area contributed by atoms with Gasteiger partial charge < -0.3 is 10.1 Å². The molecule has 0 saturated heterocycles. The summed E-state index contributed by atoms with van der Waals surface area (Å²) in [5, 5.41) is 2.89. The van der Waals surface area contributed by atoms with E-state index in [0.717, 1.165) is 27.0 Å². The van der Waals surface area contributed by atoms with Gasteiger partial charge in [0.2, 0.25) is 0 Å². The van der Waals surface area contributed by atoms with Crippen molar-refractivity contribution in [2.24, 2.45) is 0 Å². The normalized spacial score (nSPS) is 11.8. The van der Waals surface area contributed by atoms with Gasteiger partial charge in [0.05, 0.1) is 0 Å². The Balaban J connectivity index is 2.09. The summed E-state index contributed by atoms with van der Waals surface area (Å²) in [6.07, 6.45) is 0.0968. The van der Waals surface area contributed by atoms with Gasteiger partial charge in [0.25, 0.3) is 5.91 Å². The number of amides is 1. The maximum Gasteiger partial charge on any atom is 0.265 e. The lowest BCUT2D eigenvalue weighted by Gasteiger charge is -2.19. The third kappa shape index (κ3) is 4.10. The average Bonchev–Trinajstić information content (AvgIpc) is 2.51. The molecule has 0 aliphatic rings. The summed E-state index contributed by atoms with van der Waals surface area (Å²) in [7, 11) is 0. The Morgan fingerprint density at radius 3 is 2.50 bits per heavy atom. The molecule has 1 unspecified atom stereocenters. The van der Waals surface area contributed by atoms with Crippen LogP contribution < -0.4 is 10.1 Å². The Labute approximate surface area is 139 Å². The molecule has 0 bridgehead atoms. The van der Waals surface area contributed by atoms with Crippen LogP contribution in [0.15, 0.2) is 46.9 Å². The Kier molecular flexibility index (Phi) is 5.61. The molecule has 0 aliphatic carbocycles. The highest BCUT2D eigenvalue weighted by atomic mass is 79.9. The molecule has 0 aromatic heterocycles. The van der Waals surface area contributed by atoms with Crippen molar-refractivity contribution in [3.8, 4) is 5.75 Å². The zero-order valence-corrected chi connectivity index (χ0v) is 14.6. The molecule has 0 aliphatic heterocycles. The van der Waals surface area contributed by atoms with E-state index >= 15 is 0 Å². The minimum Gasteiger partial charge on any atom is -0.480 e. The Morgan fingerprint density at radius 1 is 1.18 bits per heavy atom. The first-order valence-electron chi connectivity index (χ1n) is 7.30. The standard InChI is InChI=1S/C18H20BrNO2/c1-4-16(22-17-7-5-6-12(2)13(17)3)18(21)20-15-10-8-14(19)9-11-15/h5-11,16H,4H2,1-3H3,(H,20,21). The van der Waals surface area contributed by atoms with Crippen molar-refractivity contribution in [1.29, 1.82) is 0 Å².